The molecule has 1 unspecified atom stereocenters. The lowest BCUT2D eigenvalue weighted by molar-refractivity contribution is 0.0952. The van der Waals surface area contributed by atoms with Crippen molar-refractivity contribution < 1.29 is 23.7 Å². The zero-order valence-electron chi connectivity index (χ0n) is 22.1. The molecule has 4 heterocycles. The number of rotatable bonds is 6. The van der Waals surface area contributed by atoms with E-state index in [-0.39, 0.29) is 40.2 Å². The number of pyridine rings is 2. The van der Waals surface area contributed by atoms with Gasteiger partial charge >= 0.3 is 0 Å². The molecular weight excluding hydrogens is 502 g/mol. The summed E-state index contributed by atoms with van der Waals surface area (Å²) in [6.07, 6.45) is 3.13. The predicted molar refractivity (Wildman–Crippen MR) is 141 cm³/mol. The van der Waals surface area contributed by atoms with Crippen LogP contribution in [0.4, 0.5) is 0 Å². The van der Waals surface area contributed by atoms with Crippen LogP contribution in [0.15, 0.2) is 46.3 Å². The Balaban J connectivity index is 1.81. The number of carbonyl (C=O) groups excluding carboxylic acids is 1. The first-order chi connectivity index (χ1) is 18.9. The number of hydrogen-bond acceptors (Lipinski definition) is 8. The van der Waals surface area contributed by atoms with Crippen molar-refractivity contribution in [1.29, 1.82) is 5.26 Å². The Morgan fingerprint density at radius 3 is 2.54 bits per heavy atom. The molecule has 11 heteroatoms. The minimum Gasteiger partial charge on any atom is -0.493 e. The lowest BCUT2D eigenvalue weighted by Gasteiger charge is -2.17. The largest absolute Gasteiger partial charge is 0.493 e. The number of hydrogen-bond donors (Lipinski definition) is 0. The summed E-state index contributed by atoms with van der Waals surface area (Å²) in [4.78, 5) is 36.2. The number of ether oxygens (including phenoxy) is 4. The highest BCUT2D eigenvalue weighted by Crippen LogP contribution is 2.38. The van der Waals surface area contributed by atoms with E-state index in [1.807, 2.05) is 13.0 Å². The first-order valence-electron chi connectivity index (χ1n) is 12.4. The van der Waals surface area contributed by atoms with Gasteiger partial charge in [0.2, 0.25) is 5.75 Å². The van der Waals surface area contributed by atoms with E-state index in [1.54, 1.807) is 16.8 Å². The number of methoxy groups -OCH3 is 3. The quantitative estimate of drug-likeness (QED) is 0.349. The standard InChI is InChI=1S/C28H27N5O6/c1-16-7-5-9-32-24(16)30-26-20(28(32)35)11-18(14-29)25(33(26)15-19-8-6-10-39-19)31-27(34)17-12-21(36-2)23(38-4)22(13-17)37-3/h5,7,9,11-13,19H,6,8,10,15H2,1-4H3. The van der Waals surface area contributed by atoms with E-state index in [0.717, 1.165) is 18.4 Å². The van der Waals surface area contributed by atoms with E-state index in [1.165, 1.54) is 43.9 Å². The van der Waals surface area contributed by atoms with Crippen LogP contribution in [0.5, 0.6) is 17.2 Å². The van der Waals surface area contributed by atoms with Crippen molar-refractivity contribution in [2.45, 2.75) is 32.4 Å². The minimum absolute atomic E-state index is 0.0628. The molecule has 1 aromatic carbocycles. The van der Waals surface area contributed by atoms with Gasteiger partial charge in [0.1, 0.15) is 17.4 Å². The van der Waals surface area contributed by atoms with Crippen molar-refractivity contribution in [1.82, 2.24) is 14.0 Å². The molecule has 5 rings (SSSR count). The molecule has 0 bridgehead atoms. The Labute approximate surface area is 223 Å². The maximum atomic E-state index is 13.5. The maximum Gasteiger partial charge on any atom is 0.279 e. The second-order valence-corrected chi connectivity index (χ2v) is 9.11. The monoisotopic (exact) mass is 529 g/mol. The summed E-state index contributed by atoms with van der Waals surface area (Å²) in [5.41, 5.74) is 1.59. The van der Waals surface area contributed by atoms with Gasteiger partial charge in [-0.2, -0.15) is 10.3 Å². The molecule has 3 aromatic heterocycles. The van der Waals surface area contributed by atoms with Crippen LogP contribution in [0.2, 0.25) is 0 Å². The van der Waals surface area contributed by atoms with Crippen LogP contribution in [0.3, 0.4) is 0 Å². The molecule has 0 N–H and O–H groups in total. The van der Waals surface area contributed by atoms with E-state index in [2.05, 4.69) is 11.1 Å². The molecule has 1 fully saturated rings. The van der Waals surface area contributed by atoms with Crippen LogP contribution in [-0.2, 0) is 11.3 Å². The number of aryl methyl sites for hydroxylation is 1. The Kier molecular flexibility index (Phi) is 7.04. The smallest absolute Gasteiger partial charge is 0.279 e. The molecule has 1 aliphatic rings. The number of nitriles is 1. The van der Waals surface area contributed by atoms with Gasteiger partial charge in [0.05, 0.1) is 44.9 Å². The third-order valence-electron chi connectivity index (χ3n) is 6.75. The summed E-state index contributed by atoms with van der Waals surface area (Å²) in [6.45, 7) is 2.74. The van der Waals surface area contributed by atoms with Crippen LogP contribution in [0.1, 0.15) is 34.3 Å². The number of nitrogens with zero attached hydrogens (tertiary/aromatic N) is 5. The van der Waals surface area contributed by atoms with E-state index in [4.69, 9.17) is 23.9 Å². The van der Waals surface area contributed by atoms with Crippen molar-refractivity contribution in [3.8, 4) is 23.3 Å². The molecule has 1 atom stereocenters. The van der Waals surface area contributed by atoms with Crippen LogP contribution >= 0.6 is 0 Å². The van der Waals surface area contributed by atoms with E-state index < -0.39 is 5.91 Å². The predicted octanol–water partition coefficient (Wildman–Crippen LogP) is 2.78. The van der Waals surface area contributed by atoms with Crippen molar-refractivity contribution >= 4 is 22.6 Å². The van der Waals surface area contributed by atoms with Gasteiger partial charge in [-0.15, -0.1) is 0 Å². The third kappa shape index (κ3) is 4.59. The molecule has 0 saturated carbocycles. The molecule has 200 valence electrons. The van der Waals surface area contributed by atoms with Gasteiger partial charge in [0.25, 0.3) is 11.5 Å². The summed E-state index contributed by atoms with van der Waals surface area (Å²) >= 11 is 0. The zero-order valence-corrected chi connectivity index (χ0v) is 22.1. The highest BCUT2D eigenvalue weighted by molar-refractivity contribution is 5.96. The molecule has 0 aliphatic carbocycles. The second kappa shape index (κ2) is 10.6. The number of aromatic nitrogens is 3. The van der Waals surface area contributed by atoms with E-state index in [0.29, 0.717) is 35.1 Å². The van der Waals surface area contributed by atoms with Crippen LogP contribution in [-0.4, -0.2) is 53.9 Å². The fourth-order valence-corrected chi connectivity index (χ4v) is 4.82. The van der Waals surface area contributed by atoms with Gasteiger partial charge in [0.15, 0.2) is 17.0 Å². The van der Waals surface area contributed by atoms with E-state index >= 15 is 0 Å². The van der Waals surface area contributed by atoms with Gasteiger partial charge in [-0.1, -0.05) is 6.07 Å². The summed E-state index contributed by atoms with van der Waals surface area (Å²) in [7, 11) is 4.37. The highest BCUT2D eigenvalue weighted by atomic mass is 16.5. The summed E-state index contributed by atoms with van der Waals surface area (Å²) in [5.74, 6) is 0.275. The third-order valence-corrected chi connectivity index (χ3v) is 6.75. The first kappa shape index (κ1) is 25.9. The van der Waals surface area contributed by atoms with E-state index in [9.17, 15) is 14.9 Å². The number of fused-ring (bicyclic) bond motifs is 2. The highest BCUT2D eigenvalue weighted by Gasteiger charge is 2.22. The molecular formula is C28H27N5O6. The topological polar surface area (TPSA) is 129 Å². The molecule has 4 aromatic rings. The van der Waals surface area contributed by atoms with Crippen LogP contribution in [0, 0.1) is 18.3 Å². The normalized spacial score (nSPS) is 15.5. The average Bonchev–Trinajstić information content (AvgIpc) is 3.47. The molecule has 11 nitrogen and oxygen atoms in total. The SMILES string of the molecule is COc1cc(C(=O)N=c2c(C#N)cc3c(=O)n4cccc(C)c4nc3n2CC2CCCO2)cc(OC)c1OC. The first-order valence-corrected chi connectivity index (χ1v) is 12.4. The molecule has 0 spiro atoms. The van der Waals surface area contributed by atoms with Crippen molar-refractivity contribution in [3.05, 3.63) is 69.1 Å². The van der Waals surface area contributed by atoms with Crippen molar-refractivity contribution in [2.75, 3.05) is 27.9 Å². The summed E-state index contributed by atoms with van der Waals surface area (Å²) < 4.78 is 25.1. The Morgan fingerprint density at radius 1 is 1.18 bits per heavy atom. The van der Waals surface area contributed by atoms with Crippen LogP contribution < -0.4 is 25.3 Å². The maximum absolute atomic E-state index is 13.5. The van der Waals surface area contributed by atoms with Gasteiger partial charge in [-0.05, 0) is 49.6 Å². The summed E-state index contributed by atoms with van der Waals surface area (Å²) in [6, 6.07) is 10.2. The Hall–Kier alpha value is -4.69. The van der Waals surface area contributed by atoms with Crippen molar-refractivity contribution in [2.24, 2.45) is 4.99 Å². The fourth-order valence-electron chi connectivity index (χ4n) is 4.82. The van der Waals surface area contributed by atoms with Crippen LogP contribution in [0.25, 0.3) is 16.7 Å². The number of amides is 1. The minimum atomic E-state index is -0.639. The van der Waals surface area contributed by atoms with Gasteiger partial charge in [0, 0.05) is 18.4 Å². The lowest BCUT2D eigenvalue weighted by Crippen LogP contribution is -2.33. The molecule has 1 aliphatic heterocycles. The molecule has 0 radical (unpaired) electrons. The van der Waals surface area contributed by atoms with Gasteiger partial charge in [-0.3, -0.25) is 14.0 Å². The molecule has 1 saturated heterocycles. The number of benzene rings is 1. The summed E-state index contributed by atoms with van der Waals surface area (Å²) in [5, 5.41) is 10.3. The van der Waals surface area contributed by atoms with Gasteiger partial charge in [-0.25, -0.2) is 4.98 Å². The van der Waals surface area contributed by atoms with Gasteiger partial charge < -0.3 is 23.5 Å². The Bertz CT molecular complexity index is 1750. The second-order valence-electron chi connectivity index (χ2n) is 9.11. The number of carbonyl (C=O) groups is 1. The average molecular weight is 530 g/mol. The van der Waals surface area contributed by atoms with Crippen molar-refractivity contribution in [3.63, 3.8) is 0 Å². The zero-order chi connectivity index (χ0) is 27.7. The molecule has 39 heavy (non-hydrogen) atoms. The molecule has 1 amide bonds. The Morgan fingerprint density at radius 2 is 1.92 bits per heavy atom. The fraction of sp³-hybridized carbons (Fsp3) is 0.321. The lowest BCUT2D eigenvalue weighted by atomic mass is 10.1.